The molecule has 2 heteroatoms. The largest absolute Gasteiger partial charge is 0.374 e. The fraction of sp³-hybridized carbons (Fsp3) is 0.600. The third-order valence-electron chi connectivity index (χ3n) is 3.97. The first-order valence-corrected chi connectivity index (χ1v) is 7.70. The second-order valence-electron chi connectivity index (χ2n) is 5.39. The van der Waals surface area contributed by atoms with Crippen molar-refractivity contribution in [1.82, 2.24) is 0 Å². The summed E-state index contributed by atoms with van der Waals surface area (Å²) in [5, 5.41) is 1.14. The Bertz CT molecular complexity index is 330. The van der Waals surface area contributed by atoms with Gasteiger partial charge in [-0.3, -0.25) is 0 Å². The van der Waals surface area contributed by atoms with Gasteiger partial charge < -0.3 is 4.90 Å². The van der Waals surface area contributed by atoms with Crippen LogP contribution < -0.4 is 4.90 Å². The van der Waals surface area contributed by atoms with Crippen molar-refractivity contribution < 1.29 is 0 Å². The van der Waals surface area contributed by atoms with E-state index in [1.54, 1.807) is 0 Å². The SMILES string of the molecule is CN(CC1(CBr)CCCCC1)c1ccccc1. The highest BCUT2D eigenvalue weighted by atomic mass is 79.9. The zero-order chi connectivity index (χ0) is 12.1. The molecule has 94 valence electrons. The Hall–Kier alpha value is -0.500. The topological polar surface area (TPSA) is 3.24 Å². The van der Waals surface area contributed by atoms with E-state index in [0.29, 0.717) is 5.41 Å². The van der Waals surface area contributed by atoms with Gasteiger partial charge in [0.1, 0.15) is 0 Å². The first-order valence-electron chi connectivity index (χ1n) is 6.58. The quantitative estimate of drug-likeness (QED) is 0.741. The third-order valence-corrected chi connectivity index (χ3v) is 5.16. The summed E-state index contributed by atoms with van der Waals surface area (Å²) in [5.41, 5.74) is 1.82. The predicted octanol–water partition coefficient (Wildman–Crippen LogP) is 4.47. The van der Waals surface area contributed by atoms with Crippen LogP contribution in [0.4, 0.5) is 5.69 Å². The summed E-state index contributed by atoms with van der Waals surface area (Å²) in [7, 11) is 2.22. The lowest BCUT2D eigenvalue weighted by Gasteiger charge is -2.39. The number of para-hydroxylation sites is 1. The molecule has 1 fully saturated rings. The third kappa shape index (κ3) is 3.25. The van der Waals surface area contributed by atoms with Crippen LogP contribution in [0.2, 0.25) is 0 Å². The van der Waals surface area contributed by atoms with Crippen molar-refractivity contribution in [3.8, 4) is 0 Å². The lowest BCUT2D eigenvalue weighted by atomic mass is 9.75. The number of benzene rings is 1. The van der Waals surface area contributed by atoms with Crippen LogP contribution in [0, 0.1) is 5.41 Å². The van der Waals surface area contributed by atoms with Crippen LogP contribution in [0.1, 0.15) is 32.1 Å². The minimum atomic E-state index is 0.489. The van der Waals surface area contributed by atoms with Gasteiger partial charge in [0.2, 0.25) is 0 Å². The molecule has 0 aliphatic heterocycles. The minimum absolute atomic E-state index is 0.489. The molecule has 0 radical (unpaired) electrons. The molecule has 0 spiro atoms. The number of rotatable bonds is 4. The number of halogens is 1. The van der Waals surface area contributed by atoms with Crippen molar-refractivity contribution in [2.75, 3.05) is 23.8 Å². The lowest BCUT2D eigenvalue weighted by Crippen LogP contribution is -2.38. The highest BCUT2D eigenvalue weighted by Crippen LogP contribution is 2.39. The van der Waals surface area contributed by atoms with Crippen molar-refractivity contribution in [2.45, 2.75) is 32.1 Å². The van der Waals surface area contributed by atoms with Gasteiger partial charge in [-0.2, -0.15) is 0 Å². The van der Waals surface area contributed by atoms with Crippen molar-refractivity contribution in [3.63, 3.8) is 0 Å². The number of hydrogen-bond donors (Lipinski definition) is 0. The molecule has 1 aliphatic carbocycles. The van der Waals surface area contributed by atoms with Crippen LogP contribution in [0.3, 0.4) is 0 Å². The highest BCUT2D eigenvalue weighted by molar-refractivity contribution is 9.09. The molecule has 0 bridgehead atoms. The summed E-state index contributed by atoms with van der Waals surface area (Å²) in [6.45, 7) is 1.17. The van der Waals surface area contributed by atoms with E-state index in [0.717, 1.165) is 5.33 Å². The average Bonchev–Trinajstić information content (AvgIpc) is 2.41. The van der Waals surface area contributed by atoms with Gasteiger partial charge in [-0.15, -0.1) is 0 Å². The molecular formula is C15H22BrN. The fourth-order valence-electron chi connectivity index (χ4n) is 2.91. The second kappa shape index (κ2) is 5.90. The zero-order valence-electron chi connectivity index (χ0n) is 10.7. The van der Waals surface area contributed by atoms with Crippen molar-refractivity contribution >= 4 is 21.6 Å². The predicted molar refractivity (Wildman–Crippen MR) is 79.0 cm³/mol. The summed E-state index contributed by atoms with van der Waals surface area (Å²) in [4.78, 5) is 2.41. The first-order chi connectivity index (χ1) is 8.26. The lowest BCUT2D eigenvalue weighted by molar-refractivity contribution is 0.232. The smallest absolute Gasteiger partial charge is 0.0363 e. The zero-order valence-corrected chi connectivity index (χ0v) is 12.2. The number of hydrogen-bond acceptors (Lipinski definition) is 1. The summed E-state index contributed by atoms with van der Waals surface area (Å²) in [5.74, 6) is 0. The van der Waals surface area contributed by atoms with Crippen LogP contribution in [0.5, 0.6) is 0 Å². The molecule has 0 unspecified atom stereocenters. The molecule has 0 heterocycles. The summed E-state index contributed by atoms with van der Waals surface area (Å²) in [6, 6.07) is 10.7. The molecular weight excluding hydrogens is 274 g/mol. The van der Waals surface area contributed by atoms with E-state index in [9.17, 15) is 0 Å². The Morgan fingerprint density at radius 2 is 1.76 bits per heavy atom. The Morgan fingerprint density at radius 3 is 2.35 bits per heavy atom. The fourth-order valence-corrected chi connectivity index (χ4v) is 3.65. The molecule has 1 aliphatic rings. The molecule has 1 saturated carbocycles. The van der Waals surface area contributed by atoms with Crippen LogP contribution in [0.15, 0.2) is 30.3 Å². The Morgan fingerprint density at radius 1 is 1.12 bits per heavy atom. The van der Waals surface area contributed by atoms with E-state index in [1.165, 1.54) is 44.3 Å². The van der Waals surface area contributed by atoms with Crippen LogP contribution >= 0.6 is 15.9 Å². The summed E-state index contributed by atoms with van der Waals surface area (Å²) < 4.78 is 0. The molecule has 0 amide bonds. The molecule has 0 aromatic heterocycles. The number of anilines is 1. The van der Waals surface area contributed by atoms with Gasteiger partial charge in [0, 0.05) is 24.6 Å². The number of alkyl halides is 1. The van der Waals surface area contributed by atoms with Gasteiger partial charge in [0.25, 0.3) is 0 Å². The molecule has 17 heavy (non-hydrogen) atoms. The molecule has 2 rings (SSSR count). The van der Waals surface area contributed by atoms with E-state index in [-0.39, 0.29) is 0 Å². The van der Waals surface area contributed by atoms with Gasteiger partial charge in [-0.1, -0.05) is 53.4 Å². The van der Waals surface area contributed by atoms with E-state index >= 15 is 0 Å². The van der Waals surface area contributed by atoms with Crippen LogP contribution in [0.25, 0.3) is 0 Å². The standard InChI is InChI=1S/C15H22BrN/c1-17(14-8-4-2-5-9-14)13-15(12-16)10-6-3-7-11-15/h2,4-5,8-9H,3,6-7,10-13H2,1H3. The Balaban J connectivity index is 2.03. The molecule has 0 N–H and O–H groups in total. The molecule has 1 aromatic carbocycles. The van der Waals surface area contributed by atoms with Crippen molar-refractivity contribution in [1.29, 1.82) is 0 Å². The molecule has 1 nitrogen and oxygen atoms in total. The van der Waals surface area contributed by atoms with Crippen LogP contribution in [-0.4, -0.2) is 18.9 Å². The number of nitrogens with zero attached hydrogens (tertiary/aromatic N) is 1. The average molecular weight is 296 g/mol. The molecule has 1 aromatic rings. The highest BCUT2D eigenvalue weighted by Gasteiger charge is 2.32. The van der Waals surface area contributed by atoms with E-state index in [1.807, 2.05) is 0 Å². The van der Waals surface area contributed by atoms with Crippen molar-refractivity contribution in [2.24, 2.45) is 5.41 Å². The van der Waals surface area contributed by atoms with E-state index in [2.05, 4.69) is 58.2 Å². The van der Waals surface area contributed by atoms with E-state index in [4.69, 9.17) is 0 Å². The molecule has 0 saturated heterocycles. The summed E-state index contributed by atoms with van der Waals surface area (Å²) in [6.07, 6.45) is 6.96. The Kier molecular flexibility index (Phi) is 4.49. The minimum Gasteiger partial charge on any atom is -0.374 e. The maximum Gasteiger partial charge on any atom is 0.0363 e. The van der Waals surface area contributed by atoms with Gasteiger partial charge in [0.15, 0.2) is 0 Å². The molecule has 0 atom stereocenters. The van der Waals surface area contributed by atoms with Crippen molar-refractivity contribution in [3.05, 3.63) is 30.3 Å². The van der Waals surface area contributed by atoms with Gasteiger partial charge in [0.05, 0.1) is 0 Å². The monoisotopic (exact) mass is 295 g/mol. The Labute approximate surface area is 113 Å². The maximum absolute atomic E-state index is 3.74. The summed E-state index contributed by atoms with van der Waals surface area (Å²) >= 11 is 3.74. The van der Waals surface area contributed by atoms with E-state index < -0.39 is 0 Å². The maximum atomic E-state index is 3.74. The second-order valence-corrected chi connectivity index (χ2v) is 5.95. The van der Waals surface area contributed by atoms with Crippen LogP contribution in [-0.2, 0) is 0 Å². The first kappa shape index (κ1) is 12.9. The van der Waals surface area contributed by atoms with Gasteiger partial charge >= 0.3 is 0 Å². The van der Waals surface area contributed by atoms with Gasteiger partial charge in [-0.05, 0) is 30.4 Å². The normalized spacial score (nSPS) is 18.9. The van der Waals surface area contributed by atoms with Gasteiger partial charge in [-0.25, -0.2) is 0 Å².